The van der Waals surface area contributed by atoms with Gasteiger partial charge in [-0.3, -0.25) is 0 Å². The molecule has 0 amide bonds. The van der Waals surface area contributed by atoms with Crippen LogP contribution in [0.2, 0.25) is 0 Å². The summed E-state index contributed by atoms with van der Waals surface area (Å²) in [7, 11) is 0. The van der Waals surface area contributed by atoms with Crippen LogP contribution in [0.25, 0.3) is 71.3 Å². The smallest absolute Gasteiger partial charge is 0.137 e. The number of hydrogen-bond acceptors (Lipinski definition) is 3. The molecule has 12 aromatic rings. The lowest BCUT2D eigenvalue weighted by molar-refractivity contribution is 0.435. The van der Waals surface area contributed by atoms with Crippen molar-refractivity contribution in [1.82, 2.24) is 4.57 Å². The molecule has 63 heavy (non-hydrogen) atoms. The molecule has 0 fully saturated rings. The molecule has 0 saturated heterocycles. The number of anilines is 3. The van der Waals surface area contributed by atoms with Gasteiger partial charge in [-0.15, -0.1) is 0 Å². The Hall–Kier alpha value is -8.34. The maximum absolute atomic E-state index is 6.73. The molecule has 1 aliphatic heterocycles. The SMILES string of the molecule is c1ccc(-n2c3ccccc3c3ccc(N(c4ccc5c6c(cccc46)-c4ccccc4C54c5ccccc5Oc5ccccc54)c4cccc5oc6ccccc6c45)cc32)cc1. The largest absolute Gasteiger partial charge is 0.457 e. The van der Waals surface area contributed by atoms with E-state index in [1.54, 1.807) is 0 Å². The molecule has 1 aliphatic carbocycles. The predicted molar refractivity (Wildman–Crippen MR) is 258 cm³/mol. The van der Waals surface area contributed by atoms with Gasteiger partial charge in [0, 0.05) is 44.0 Å². The van der Waals surface area contributed by atoms with Gasteiger partial charge in [0.05, 0.1) is 33.2 Å². The molecule has 0 bridgehead atoms. The average Bonchev–Trinajstić information content (AvgIpc) is 3.90. The lowest BCUT2D eigenvalue weighted by Crippen LogP contribution is -2.36. The molecule has 0 radical (unpaired) electrons. The van der Waals surface area contributed by atoms with Crippen molar-refractivity contribution in [3.63, 3.8) is 0 Å². The maximum Gasteiger partial charge on any atom is 0.137 e. The minimum absolute atomic E-state index is 0.631. The summed E-state index contributed by atoms with van der Waals surface area (Å²) in [5.74, 6) is 1.76. The Labute approximate surface area is 363 Å². The molecule has 2 aromatic heterocycles. The van der Waals surface area contributed by atoms with Gasteiger partial charge in [-0.2, -0.15) is 0 Å². The molecule has 0 N–H and O–H groups in total. The molecule has 14 rings (SSSR count). The van der Waals surface area contributed by atoms with Crippen molar-refractivity contribution in [3.8, 4) is 28.3 Å². The molecule has 0 saturated carbocycles. The highest BCUT2D eigenvalue weighted by Crippen LogP contribution is 2.62. The van der Waals surface area contributed by atoms with E-state index in [1.807, 2.05) is 6.07 Å². The predicted octanol–water partition coefficient (Wildman–Crippen LogP) is 15.8. The Morgan fingerprint density at radius 3 is 1.86 bits per heavy atom. The molecule has 4 nitrogen and oxygen atoms in total. The van der Waals surface area contributed by atoms with Crippen molar-refractivity contribution in [2.24, 2.45) is 0 Å². The zero-order valence-electron chi connectivity index (χ0n) is 34.0. The van der Waals surface area contributed by atoms with Crippen molar-refractivity contribution in [1.29, 1.82) is 0 Å². The Bertz CT molecular complexity index is 3810. The van der Waals surface area contributed by atoms with E-state index in [4.69, 9.17) is 9.15 Å². The molecule has 1 spiro atoms. The molecule has 10 aromatic carbocycles. The van der Waals surface area contributed by atoms with Crippen LogP contribution in [0.5, 0.6) is 11.5 Å². The van der Waals surface area contributed by atoms with Gasteiger partial charge in [-0.25, -0.2) is 0 Å². The molecule has 3 heterocycles. The summed E-state index contributed by atoms with van der Waals surface area (Å²) in [6.45, 7) is 0. The van der Waals surface area contributed by atoms with Crippen LogP contribution in [0.3, 0.4) is 0 Å². The molecule has 4 heteroatoms. The standard InChI is InChI=1S/C59H36N2O2/c1-2-16-37(17-3-1)60-49-26-10-5-19-40(49)41-33-32-38(36-52(41)60)61(51-27-15-31-56-58(51)44-20-6-11-28-53(44)62-56)50-35-34-48-57-42(21-14-22-43(50)57)39-18-4-7-23-45(39)59(48)46-24-8-12-29-54(46)63-55-30-13-9-25-47(55)59/h1-36H. The van der Waals surface area contributed by atoms with Crippen LogP contribution in [0, 0.1) is 0 Å². The van der Waals surface area contributed by atoms with Gasteiger partial charge in [0.2, 0.25) is 0 Å². The van der Waals surface area contributed by atoms with E-state index in [1.165, 1.54) is 43.9 Å². The number of benzene rings is 10. The molecule has 2 aliphatic rings. The van der Waals surface area contributed by atoms with Crippen molar-refractivity contribution < 1.29 is 9.15 Å². The highest BCUT2D eigenvalue weighted by atomic mass is 16.5. The summed E-state index contributed by atoms with van der Waals surface area (Å²) in [5.41, 5.74) is 14.9. The Balaban J connectivity index is 1.12. The van der Waals surface area contributed by atoms with Crippen molar-refractivity contribution in [2.75, 3.05) is 4.90 Å². The van der Waals surface area contributed by atoms with E-state index < -0.39 is 5.41 Å². The first-order valence-corrected chi connectivity index (χ1v) is 21.6. The number of hydrogen-bond donors (Lipinski definition) is 0. The topological polar surface area (TPSA) is 30.5 Å². The number of rotatable bonds is 4. The van der Waals surface area contributed by atoms with Crippen LogP contribution < -0.4 is 9.64 Å². The summed E-state index contributed by atoms with van der Waals surface area (Å²) in [6, 6.07) is 79.1. The van der Waals surface area contributed by atoms with Gasteiger partial charge in [-0.1, -0.05) is 152 Å². The Kier molecular flexibility index (Phi) is 7.01. The summed E-state index contributed by atoms with van der Waals surface area (Å²) < 4.78 is 15.7. The van der Waals surface area contributed by atoms with Gasteiger partial charge in [0.15, 0.2) is 0 Å². The zero-order chi connectivity index (χ0) is 41.2. The number of para-hydroxylation sites is 5. The van der Waals surface area contributed by atoms with Gasteiger partial charge in [0.25, 0.3) is 0 Å². The average molecular weight is 805 g/mol. The molecule has 0 atom stereocenters. The molecule has 0 unspecified atom stereocenters. The lowest BCUT2D eigenvalue weighted by Gasteiger charge is -2.45. The second kappa shape index (κ2) is 12.8. The normalized spacial score (nSPS) is 13.3. The third-order valence-electron chi connectivity index (χ3n) is 13.6. The second-order valence-electron chi connectivity index (χ2n) is 16.7. The summed E-state index contributed by atoms with van der Waals surface area (Å²) in [6.07, 6.45) is 0. The van der Waals surface area contributed by atoms with Gasteiger partial charge in [-0.05, 0) is 94.4 Å². The zero-order valence-corrected chi connectivity index (χ0v) is 34.0. The first-order chi connectivity index (χ1) is 31.3. The summed E-state index contributed by atoms with van der Waals surface area (Å²) >= 11 is 0. The van der Waals surface area contributed by atoms with Gasteiger partial charge >= 0.3 is 0 Å². The van der Waals surface area contributed by atoms with E-state index >= 15 is 0 Å². The highest BCUT2D eigenvalue weighted by molar-refractivity contribution is 6.18. The van der Waals surface area contributed by atoms with Crippen LogP contribution in [0.1, 0.15) is 22.3 Å². The van der Waals surface area contributed by atoms with E-state index in [2.05, 4.69) is 222 Å². The third-order valence-corrected chi connectivity index (χ3v) is 13.6. The number of aromatic nitrogens is 1. The fourth-order valence-corrected chi connectivity index (χ4v) is 11.2. The van der Waals surface area contributed by atoms with Crippen LogP contribution in [-0.2, 0) is 5.41 Å². The van der Waals surface area contributed by atoms with Crippen LogP contribution >= 0.6 is 0 Å². The Morgan fingerprint density at radius 1 is 0.381 bits per heavy atom. The first-order valence-electron chi connectivity index (χ1n) is 21.6. The summed E-state index contributed by atoms with van der Waals surface area (Å²) in [4.78, 5) is 2.47. The molecular formula is C59H36N2O2. The van der Waals surface area contributed by atoms with E-state index in [0.717, 1.165) is 78.2 Å². The first kappa shape index (κ1) is 34.4. The summed E-state index contributed by atoms with van der Waals surface area (Å²) in [5, 5.41) is 6.98. The Morgan fingerprint density at radius 2 is 1.02 bits per heavy atom. The number of nitrogens with zero attached hydrogens (tertiary/aromatic N) is 2. The number of ether oxygens (including phenoxy) is 1. The highest BCUT2D eigenvalue weighted by Gasteiger charge is 2.49. The number of furan rings is 1. The van der Waals surface area contributed by atoms with Gasteiger partial charge < -0.3 is 18.6 Å². The quantitative estimate of drug-likeness (QED) is 0.178. The van der Waals surface area contributed by atoms with Crippen LogP contribution in [0.15, 0.2) is 223 Å². The number of fused-ring (bicyclic) bond motifs is 14. The lowest BCUT2D eigenvalue weighted by atomic mass is 9.58. The maximum atomic E-state index is 6.73. The monoisotopic (exact) mass is 804 g/mol. The van der Waals surface area contributed by atoms with Gasteiger partial charge in [0.1, 0.15) is 22.7 Å². The molecule has 294 valence electrons. The van der Waals surface area contributed by atoms with E-state index in [9.17, 15) is 0 Å². The third kappa shape index (κ3) is 4.59. The van der Waals surface area contributed by atoms with E-state index in [-0.39, 0.29) is 0 Å². The van der Waals surface area contributed by atoms with Crippen molar-refractivity contribution in [2.45, 2.75) is 5.41 Å². The molecular weight excluding hydrogens is 769 g/mol. The van der Waals surface area contributed by atoms with Crippen LogP contribution in [-0.4, -0.2) is 4.57 Å². The fourth-order valence-electron chi connectivity index (χ4n) is 11.2. The van der Waals surface area contributed by atoms with Crippen molar-refractivity contribution >= 4 is 71.6 Å². The fraction of sp³-hybridized carbons (Fsp3) is 0.0169. The second-order valence-corrected chi connectivity index (χ2v) is 16.7. The minimum atomic E-state index is -0.631. The minimum Gasteiger partial charge on any atom is -0.457 e. The van der Waals surface area contributed by atoms with Crippen molar-refractivity contribution in [3.05, 3.63) is 241 Å². The van der Waals surface area contributed by atoms with Crippen LogP contribution in [0.4, 0.5) is 17.1 Å². The van der Waals surface area contributed by atoms with E-state index in [0.29, 0.717) is 0 Å².